The molecule has 5 nitrogen and oxygen atoms in total. The highest BCUT2D eigenvalue weighted by Crippen LogP contribution is 2.65. The fraction of sp³-hybridized carbons (Fsp3) is 0.200. The van der Waals surface area contributed by atoms with Crippen molar-refractivity contribution in [2.24, 2.45) is 5.92 Å². The number of nitrogens with one attached hydrogen (secondary N) is 2. The fourth-order valence-corrected chi connectivity index (χ4v) is 5.44. The van der Waals surface area contributed by atoms with Crippen molar-refractivity contribution >= 4 is 81.1 Å². The molecule has 0 spiro atoms. The van der Waals surface area contributed by atoms with Gasteiger partial charge in [0.25, 0.3) is 0 Å². The minimum atomic E-state index is -1.31. The third kappa shape index (κ3) is 5.82. The molecule has 35 heavy (non-hydrogen) atoms. The van der Waals surface area contributed by atoms with Crippen molar-refractivity contribution in [2.45, 2.75) is 10.3 Å². The van der Waals surface area contributed by atoms with Gasteiger partial charge in [0.1, 0.15) is 10.1 Å². The molecule has 0 bridgehead atoms. The summed E-state index contributed by atoms with van der Waals surface area (Å²) in [6.45, 7) is 0.0101. The standard InChI is InChI=1S/C25H19Cl5N2O3/c1-35-18-5-2-16(3-6-18)31-12-21(33)19-11-17(4-7-20(19)28)32-24(34)23-22(25(23,29)30)13-8-14(26)10-15(27)9-13/h2-11,22-23,31H,12H2,1H3,(H,32,34). The van der Waals surface area contributed by atoms with Crippen LogP contribution in [0.4, 0.5) is 11.4 Å². The normalized spacial score (nSPS) is 18.0. The van der Waals surface area contributed by atoms with Gasteiger partial charge in [0.15, 0.2) is 5.78 Å². The van der Waals surface area contributed by atoms with Gasteiger partial charge in [-0.1, -0.05) is 34.8 Å². The van der Waals surface area contributed by atoms with E-state index in [-0.39, 0.29) is 22.9 Å². The molecule has 0 saturated heterocycles. The Bertz CT molecular complexity index is 1260. The van der Waals surface area contributed by atoms with Crippen molar-refractivity contribution < 1.29 is 14.3 Å². The first-order chi connectivity index (χ1) is 16.6. The molecule has 1 aliphatic rings. The number of carbonyl (C=O) groups excluding carboxylic acids is 2. The minimum Gasteiger partial charge on any atom is -0.497 e. The lowest BCUT2D eigenvalue weighted by Crippen LogP contribution is -2.18. The molecule has 1 amide bonds. The number of methoxy groups -OCH3 is 1. The smallest absolute Gasteiger partial charge is 0.231 e. The zero-order valence-corrected chi connectivity index (χ0v) is 22.0. The molecular formula is C25H19Cl5N2O3. The second kappa shape index (κ2) is 10.5. The van der Waals surface area contributed by atoms with Crippen LogP contribution in [-0.2, 0) is 4.79 Å². The number of halogens is 5. The van der Waals surface area contributed by atoms with Gasteiger partial charge >= 0.3 is 0 Å². The van der Waals surface area contributed by atoms with Crippen LogP contribution < -0.4 is 15.4 Å². The first-order valence-electron chi connectivity index (χ1n) is 10.5. The quantitative estimate of drug-likeness (QED) is 0.217. The number of Topliss-reactive ketones (excluding diaryl/α,β-unsaturated/α-hetero) is 1. The van der Waals surface area contributed by atoms with Crippen molar-refractivity contribution in [3.05, 3.63) is 86.9 Å². The number of amides is 1. The van der Waals surface area contributed by atoms with Crippen LogP contribution in [0, 0.1) is 5.92 Å². The Labute approximate surface area is 227 Å². The molecule has 1 fully saturated rings. The number of ether oxygens (including phenoxy) is 1. The Kier molecular flexibility index (Phi) is 7.74. The summed E-state index contributed by atoms with van der Waals surface area (Å²) in [7, 11) is 1.58. The monoisotopic (exact) mass is 570 g/mol. The molecule has 2 unspecified atom stereocenters. The van der Waals surface area contributed by atoms with Crippen LogP contribution in [0.2, 0.25) is 15.1 Å². The molecule has 0 radical (unpaired) electrons. The van der Waals surface area contributed by atoms with Gasteiger partial charge in [-0.25, -0.2) is 0 Å². The molecule has 0 heterocycles. The van der Waals surface area contributed by atoms with Crippen molar-refractivity contribution in [3.8, 4) is 5.75 Å². The highest BCUT2D eigenvalue weighted by Gasteiger charge is 2.67. The van der Waals surface area contributed by atoms with E-state index >= 15 is 0 Å². The molecule has 0 aromatic heterocycles. The van der Waals surface area contributed by atoms with Crippen LogP contribution in [0.3, 0.4) is 0 Å². The Balaban J connectivity index is 1.44. The maximum Gasteiger partial charge on any atom is 0.231 e. The molecule has 182 valence electrons. The van der Waals surface area contributed by atoms with Crippen molar-refractivity contribution in [1.29, 1.82) is 0 Å². The number of hydrogen-bond acceptors (Lipinski definition) is 4. The van der Waals surface area contributed by atoms with E-state index in [0.717, 1.165) is 5.69 Å². The van der Waals surface area contributed by atoms with Crippen LogP contribution in [0.25, 0.3) is 0 Å². The zero-order chi connectivity index (χ0) is 25.3. The summed E-state index contributed by atoms with van der Waals surface area (Å²) >= 11 is 31.3. The van der Waals surface area contributed by atoms with Gasteiger partial charge in [-0.3, -0.25) is 9.59 Å². The maximum atomic E-state index is 13.0. The Morgan fingerprint density at radius 3 is 2.17 bits per heavy atom. The average molecular weight is 573 g/mol. The summed E-state index contributed by atoms with van der Waals surface area (Å²) in [5.74, 6) is -1.14. The first kappa shape index (κ1) is 25.9. The number of hydrogen-bond donors (Lipinski definition) is 2. The van der Waals surface area contributed by atoms with Crippen molar-refractivity contribution in [1.82, 2.24) is 0 Å². The number of rotatable bonds is 8. The SMILES string of the molecule is COc1ccc(NCC(=O)c2cc(NC(=O)C3C(c4cc(Cl)cc(Cl)c4)C3(Cl)Cl)ccc2Cl)cc1. The molecule has 4 rings (SSSR count). The van der Waals surface area contributed by atoms with Crippen LogP contribution in [-0.4, -0.2) is 29.7 Å². The summed E-state index contributed by atoms with van der Waals surface area (Å²) in [4.78, 5) is 25.8. The summed E-state index contributed by atoms with van der Waals surface area (Å²) in [5, 5.41) is 6.94. The van der Waals surface area contributed by atoms with Gasteiger partial charge in [0, 0.05) is 32.9 Å². The number of carbonyl (C=O) groups is 2. The van der Waals surface area contributed by atoms with Crippen LogP contribution in [0.15, 0.2) is 60.7 Å². The van der Waals surface area contributed by atoms with Crippen LogP contribution in [0.1, 0.15) is 21.8 Å². The van der Waals surface area contributed by atoms with E-state index in [1.165, 1.54) is 6.07 Å². The van der Waals surface area contributed by atoms with Crippen molar-refractivity contribution in [3.63, 3.8) is 0 Å². The fourth-order valence-electron chi connectivity index (χ4n) is 3.85. The molecule has 2 N–H and O–H groups in total. The second-order valence-electron chi connectivity index (χ2n) is 8.02. The summed E-state index contributed by atoms with van der Waals surface area (Å²) in [6, 6.07) is 16.8. The van der Waals surface area contributed by atoms with E-state index in [9.17, 15) is 9.59 Å². The van der Waals surface area contributed by atoms with E-state index in [4.69, 9.17) is 62.7 Å². The molecule has 0 aliphatic heterocycles. The summed E-state index contributed by atoms with van der Waals surface area (Å²) < 4.78 is 3.81. The zero-order valence-electron chi connectivity index (χ0n) is 18.2. The van der Waals surface area contributed by atoms with E-state index < -0.39 is 22.1 Å². The maximum absolute atomic E-state index is 13.0. The Hall–Kier alpha value is -2.15. The highest BCUT2D eigenvalue weighted by molar-refractivity contribution is 6.53. The van der Waals surface area contributed by atoms with Crippen LogP contribution in [0.5, 0.6) is 5.75 Å². The van der Waals surface area contributed by atoms with E-state index in [1.807, 2.05) is 0 Å². The van der Waals surface area contributed by atoms with Gasteiger partial charge in [-0.05, 0) is 66.2 Å². The molecule has 2 atom stereocenters. The predicted molar refractivity (Wildman–Crippen MR) is 143 cm³/mol. The lowest BCUT2D eigenvalue weighted by Gasteiger charge is -2.11. The summed E-state index contributed by atoms with van der Waals surface area (Å²) in [5.41, 5.74) is 2.08. The molecule has 1 saturated carbocycles. The third-order valence-corrected chi connectivity index (χ3v) is 7.36. The summed E-state index contributed by atoms with van der Waals surface area (Å²) in [6.07, 6.45) is 0. The highest BCUT2D eigenvalue weighted by atomic mass is 35.5. The van der Waals surface area contributed by atoms with Crippen LogP contribution >= 0.6 is 58.0 Å². The number of alkyl halides is 2. The number of anilines is 2. The third-order valence-electron chi connectivity index (χ3n) is 5.66. The lowest BCUT2D eigenvalue weighted by atomic mass is 10.1. The molecule has 3 aromatic carbocycles. The molecule has 1 aliphatic carbocycles. The predicted octanol–water partition coefficient (Wildman–Crippen LogP) is 7.48. The van der Waals surface area contributed by atoms with E-state index in [2.05, 4.69) is 10.6 Å². The van der Waals surface area contributed by atoms with Crippen molar-refractivity contribution in [2.75, 3.05) is 24.3 Å². The topological polar surface area (TPSA) is 67.4 Å². The number of ketones is 1. The van der Waals surface area contributed by atoms with E-state index in [0.29, 0.717) is 27.0 Å². The number of benzene rings is 3. The Morgan fingerprint density at radius 1 is 0.914 bits per heavy atom. The molecular weight excluding hydrogens is 554 g/mol. The lowest BCUT2D eigenvalue weighted by molar-refractivity contribution is -0.117. The second-order valence-corrected chi connectivity index (χ2v) is 10.7. The van der Waals surface area contributed by atoms with Gasteiger partial charge in [-0.2, -0.15) is 0 Å². The van der Waals surface area contributed by atoms with Gasteiger partial charge in [0.2, 0.25) is 5.91 Å². The minimum absolute atomic E-state index is 0.0101. The first-order valence-corrected chi connectivity index (χ1v) is 12.3. The Morgan fingerprint density at radius 2 is 1.54 bits per heavy atom. The largest absolute Gasteiger partial charge is 0.497 e. The molecule has 10 heteroatoms. The van der Waals surface area contributed by atoms with Gasteiger partial charge in [0.05, 0.1) is 24.6 Å². The van der Waals surface area contributed by atoms with Gasteiger partial charge in [-0.15, -0.1) is 23.2 Å². The molecule has 3 aromatic rings. The average Bonchev–Trinajstić information content (AvgIpc) is 3.40. The van der Waals surface area contributed by atoms with Gasteiger partial charge < -0.3 is 15.4 Å². The van der Waals surface area contributed by atoms with E-state index in [1.54, 1.807) is 61.7 Å².